The van der Waals surface area contributed by atoms with Crippen LogP contribution in [0, 0.1) is 0 Å². The molecule has 2 heterocycles. The lowest BCUT2D eigenvalue weighted by Crippen LogP contribution is -2.25. The smallest absolute Gasteiger partial charge is 0.255 e. The van der Waals surface area contributed by atoms with E-state index in [1.165, 1.54) is 25.7 Å². The van der Waals surface area contributed by atoms with E-state index >= 15 is 0 Å². The lowest BCUT2D eigenvalue weighted by molar-refractivity contribution is 0.102. The number of carbonyl (C=O) groups excluding carboxylic acids is 1. The van der Waals surface area contributed by atoms with E-state index in [0.29, 0.717) is 11.3 Å². The van der Waals surface area contributed by atoms with E-state index in [1.54, 1.807) is 12.1 Å². The molecule has 1 aliphatic heterocycles. The van der Waals surface area contributed by atoms with Crippen LogP contribution in [0.5, 0.6) is 5.75 Å². The van der Waals surface area contributed by atoms with Crippen molar-refractivity contribution in [1.82, 2.24) is 10.2 Å². The minimum atomic E-state index is -0.166. The van der Waals surface area contributed by atoms with Gasteiger partial charge in [-0.1, -0.05) is 25.0 Å². The third-order valence-electron chi connectivity index (χ3n) is 5.49. The molecule has 6 heteroatoms. The number of ether oxygens (including phenoxy) is 1. The van der Waals surface area contributed by atoms with E-state index in [9.17, 15) is 4.79 Å². The fourth-order valence-electron chi connectivity index (χ4n) is 3.86. The van der Waals surface area contributed by atoms with Crippen LogP contribution in [0.4, 0.5) is 11.5 Å². The van der Waals surface area contributed by atoms with E-state index < -0.39 is 0 Å². The molecule has 6 nitrogen and oxygen atoms in total. The molecule has 0 atom stereocenters. The van der Waals surface area contributed by atoms with Crippen LogP contribution in [-0.2, 0) is 0 Å². The average Bonchev–Trinajstić information content (AvgIpc) is 3.09. The third-order valence-corrected chi connectivity index (χ3v) is 5.49. The highest BCUT2D eigenvalue weighted by molar-refractivity contribution is 6.04. The lowest BCUT2D eigenvalue weighted by atomic mass is 10.1. The maximum atomic E-state index is 12.7. The second kappa shape index (κ2) is 10.3. The first-order valence-electron chi connectivity index (χ1n) is 11.4. The maximum Gasteiger partial charge on any atom is 0.255 e. The first-order chi connectivity index (χ1) is 15.6. The highest BCUT2D eigenvalue weighted by Crippen LogP contribution is 2.24. The molecule has 2 aromatic carbocycles. The fraction of sp³-hybridized carbons (Fsp3) is 0.346. The van der Waals surface area contributed by atoms with Crippen LogP contribution in [0.1, 0.15) is 49.9 Å². The van der Waals surface area contributed by atoms with Gasteiger partial charge in [0.15, 0.2) is 5.82 Å². The minimum absolute atomic E-state index is 0.0962. The molecule has 1 saturated heterocycles. The van der Waals surface area contributed by atoms with Gasteiger partial charge in [0.25, 0.3) is 5.91 Å². The summed E-state index contributed by atoms with van der Waals surface area (Å²) in [7, 11) is 0. The maximum absolute atomic E-state index is 12.7. The molecule has 1 aromatic heterocycles. The molecule has 1 aliphatic rings. The Kier molecular flexibility index (Phi) is 7.00. The van der Waals surface area contributed by atoms with E-state index in [0.717, 1.165) is 35.9 Å². The Morgan fingerprint density at radius 3 is 2.34 bits per heavy atom. The fourth-order valence-corrected chi connectivity index (χ4v) is 3.86. The van der Waals surface area contributed by atoms with Crippen LogP contribution in [0.25, 0.3) is 11.3 Å². The van der Waals surface area contributed by atoms with Crippen molar-refractivity contribution in [3.05, 3.63) is 66.2 Å². The van der Waals surface area contributed by atoms with Crippen LogP contribution in [0.2, 0.25) is 0 Å². The Morgan fingerprint density at radius 2 is 1.69 bits per heavy atom. The van der Waals surface area contributed by atoms with Gasteiger partial charge in [0, 0.05) is 29.9 Å². The van der Waals surface area contributed by atoms with Crippen molar-refractivity contribution in [3.63, 3.8) is 0 Å². The Hall–Kier alpha value is -3.41. The van der Waals surface area contributed by atoms with Gasteiger partial charge in [-0.3, -0.25) is 4.79 Å². The Balaban J connectivity index is 1.43. The number of rotatable bonds is 6. The van der Waals surface area contributed by atoms with Crippen molar-refractivity contribution in [2.75, 3.05) is 23.3 Å². The Morgan fingerprint density at radius 1 is 0.938 bits per heavy atom. The molecular weight excluding hydrogens is 400 g/mol. The zero-order valence-corrected chi connectivity index (χ0v) is 18.8. The molecule has 3 aromatic rings. The normalized spacial score (nSPS) is 14.2. The summed E-state index contributed by atoms with van der Waals surface area (Å²) in [4.78, 5) is 15.0. The van der Waals surface area contributed by atoms with Crippen molar-refractivity contribution in [3.8, 4) is 17.0 Å². The quantitative estimate of drug-likeness (QED) is 0.554. The van der Waals surface area contributed by atoms with Gasteiger partial charge in [0.05, 0.1) is 11.8 Å². The van der Waals surface area contributed by atoms with Crippen LogP contribution in [0.15, 0.2) is 60.7 Å². The molecule has 32 heavy (non-hydrogen) atoms. The number of hydrogen-bond acceptors (Lipinski definition) is 5. The molecular formula is C26H30N4O2. The Bertz CT molecular complexity index is 1020. The summed E-state index contributed by atoms with van der Waals surface area (Å²) in [6.07, 6.45) is 5.09. The summed E-state index contributed by atoms with van der Waals surface area (Å²) in [5.74, 6) is 1.52. The second-order valence-electron chi connectivity index (χ2n) is 8.40. The van der Waals surface area contributed by atoms with Crippen molar-refractivity contribution in [1.29, 1.82) is 0 Å². The highest BCUT2D eigenvalue weighted by atomic mass is 16.5. The summed E-state index contributed by atoms with van der Waals surface area (Å²) in [5, 5.41) is 11.9. The summed E-state index contributed by atoms with van der Waals surface area (Å²) in [5.41, 5.74) is 3.00. The number of hydrogen-bond donors (Lipinski definition) is 1. The van der Waals surface area contributed by atoms with Gasteiger partial charge in [0.1, 0.15) is 5.75 Å². The number of carbonyl (C=O) groups is 1. The highest BCUT2D eigenvalue weighted by Gasteiger charge is 2.12. The molecule has 0 aliphatic carbocycles. The molecule has 0 unspecified atom stereocenters. The standard InChI is InChI=1S/C26H30N4O2/c1-19(2)32-23-12-10-20(11-13-23)26(31)27-22-9-7-8-21(18-22)24-14-15-25(29-28-24)30-16-5-3-4-6-17-30/h7-15,18-19H,3-6,16-17H2,1-2H3,(H,27,31). The van der Waals surface area contributed by atoms with Gasteiger partial charge in [-0.05, 0) is 75.2 Å². The molecule has 1 amide bonds. The van der Waals surface area contributed by atoms with Gasteiger partial charge in [0.2, 0.25) is 0 Å². The van der Waals surface area contributed by atoms with Crippen molar-refractivity contribution in [2.24, 2.45) is 0 Å². The SMILES string of the molecule is CC(C)Oc1ccc(C(=O)Nc2cccc(-c3ccc(N4CCCCCC4)nn3)c2)cc1. The molecule has 4 rings (SSSR count). The number of aromatic nitrogens is 2. The summed E-state index contributed by atoms with van der Waals surface area (Å²) >= 11 is 0. The molecule has 0 saturated carbocycles. The van der Waals surface area contributed by atoms with E-state index in [2.05, 4.69) is 20.4 Å². The topological polar surface area (TPSA) is 67.3 Å². The zero-order valence-electron chi connectivity index (χ0n) is 18.8. The predicted octanol–water partition coefficient (Wildman–Crippen LogP) is 5.56. The minimum Gasteiger partial charge on any atom is -0.491 e. The molecule has 0 spiro atoms. The van der Waals surface area contributed by atoms with E-state index in [1.807, 2.05) is 62.4 Å². The largest absolute Gasteiger partial charge is 0.491 e. The summed E-state index contributed by atoms with van der Waals surface area (Å²) in [6.45, 7) is 6.03. The first kappa shape index (κ1) is 21.8. The monoisotopic (exact) mass is 430 g/mol. The van der Waals surface area contributed by atoms with Gasteiger partial charge in [-0.25, -0.2) is 0 Å². The summed E-state index contributed by atoms with van der Waals surface area (Å²) < 4.78 is 5.64. The van der Waals surface area contributed by atoms with E-state index in [4.69, 9.17) is 4.74 Å². The molecule has 1 N–H and O–H groups in total. The van der Waals surface area contributed by atoms with Crippen molar-refractivity contribution < 1.29 is 9.53 Å². The van der Waals surface area contributed by atoms with Crippen LogP contribution in [-0.4, -0.2) is 35.3 Å². The average molecular weight is 431 g/mol. The van der Waals surface area contributed by atoms with Crippen molar-refractivity contribution >= 4 is 17.4 Å². The predicted molar refractivity (Wildman–Crippen MR) is 128 cm³/mol. The number of anilines is 2. The van der Waals surface area contributed by atoms with Crippen LogP contribution >= 0.6 is 0 Å². The van der Waals surface area contributed by atoms with Crippen LogP contribution in [0.3, 0.4) is 0 Å². The number of nitrogens with zero attached hydrogens (tertiary/aromatic N) is 3. The van der Waals surface area contributed by atoms with Gasteiger partial charge in [-0.15, -0.1) is 10.2 Å². The van der Waals surface area contributed by atoms with Gasteiger partial charge >= 0.3 is 0 Å². The van der Waals surface area contributed by atoms with E-state index in [-0.39, 0.29) is 12.0 Å². The molecule has 1 fully saturated rings. The first-order valence-corrected chi connectivity index (χ1v) is 11.4. The number of nitrogens with one attached hydrogen (secondary N) is 1. The van der Waals surface area contributed by atoms with Gasteiger partial charge < -0.3 is 15.0 Å². The molecule has 166 valence electrons. The van der Waals surface area contributed by atoms with Crippen LogP contribution < -0.4 is 15.0 Å². The van der Waals surface area contributed by atoms with Crippen molar-refractivity contribution in [2.45, 2.75) is 45.6 Å². The lowest BCUT2D eigenvalue weighted by Gasteiger charge is -2.20. The number of amides is 1. The summed E-state index contributed by atoms with van der Waals surface area (Å²) in [6, 6.07) is 18.9. The third kappa shape index (κ3) is 5.63. The molecule has 0 bridgehead atoms. The van der Waals surface area contributed by atoms with Gasteiger partial charge in [-0.2, -0.15) is 0 Å². The number of benzene rings is 2. The Labute approximate surface area is 189 Å². The second-order valence-corrected chi connectivity index (χ2v) is 8.40. The zero-order chi connectivity index (χ0) is 22.3. The molecule has 0 radical (unpaired) electrons.